The van der Waals surface area contributed by atoms with Crippen LogP contribution in [-0.2, 0) is 19.6 Å². The number of amides is 1. The van der Waals surface area contributed by atoms with Crippen molar-refractivity contribution in [2.45, 2.75) is 24.7 Å². The van der Waals surface area contributed by atoms with Crippen molar-refractivity contribution in [1.82, 2.24) is 4.98 Å². The first-order chi connectivity index (χ1) is 14.3. The third kappa shape index (κ3) is 6.13. The van der Waals surface area contributed by atoms with Crippen LogP contribution in [0, 0.1) is 6.92 Å². The van der Waals surface area contributed by atoms with Crippen LogP contribution in [-0.4, -0.2) is 25.3 Å². The molecule has 0 aliphatic carbocycles. The lowest BCUT2D eigenvalue weighted by Gasteiger charge is -2.08. The molecule has 3 rings (SSSR count). The van der Waals surface area contributed by atoms with Crippen LogP contribution < -0.4 is 14.8 Å². The number of esters is 1. The van der Waals surface area contributed by atoms with E-state index >= 15 is 0 Å². The monoisotopic (exact) mass is 445 g/mol. The maximum Gasteiger partial charge on any atom is 0.311 e. The zero-order chi connectivity index (χ0) is 21.6. The Hall–Kier alpha value is -3.24. The molecule has 0 radical (unpaired) electrons. The van der Waals surface area contributed by atoms with Gasteiger partial charge in [0.1, 0.15) is 5.75 Å². The first-order valence-electron chi connectivity index (χ1n) is 8.91. The summed E-state index contributed by atoms with van der Waals surface area (Å²) in [7, 11) is -3.76. The van der Waals surface area contributed by atoms with Gasteiger partial charge in [-0.1, -0.05) is 17.7 Å². The molecule has 0 bridgehead atoms. The predicted octanol–water partition coefficient (Wildman–Crippen LogP) is 3.58. The van der Waals surface area contributed by atoms with Gasteiger partial charge in [0.15, 0.2) is 5.13 Å². The van der Waals surface area contributed by atoms with Crippen molar-refractivity contribution in [3.8, 4) is 5.75 Å². The Morgan fingerprint density at radius 2 is 1.73 bits per heavy atom. The van der Waals surface area contributed by atoms with Gasteiger partial charge in [0.25, 0.3) is 10.0 Å². The molecule has 2 N–H and O–H groups in total. The summed E-state index contributed by atoms with van der Waals surface area (Å²) in [4.78, 5) is 27.8. The van der Waals surface area contributed by atoms with Crippen LogP contribution in [0.15, 0.2) is 65.0 Å². The standard InChI is InChI=1S/C20H19N3O5S2/c1-14-2-6-16(7-3-14)28-19(25)11-10-18(24)22-15-4-8-17(9-5-15)30(26,27)23-20-21-12-13-29-20/h2-9,12-13H,10-11H2,1H3,(H,21,23)(H,22,24). The molecule has 3 aromatic rings. The Morgan fingerprint density at radius 1 is 1.03 bits per heavy atom. The third-order valence-electron chi connectivity index (χ3n) is 3.91. The summed E-state index contributed by atoms with van der Waals surface area (Å²) in [5.74, 6) is -0.467. The van der Waals surface area contributed by atoms with E-state index in [0.29, 0.717) is 11.4 Å². The minimum Gasteiger partial charge on any atom is -0.427 e. The van der Waals surface area contributed by atoms with Crippen molar-refractivity contribution in [3.05, 3.63) is 65.7 Å². The van der Waals surface area contributed by atoms with E-state index < -0.39 is 16.0 Å². The summed E-state index contributed by atoms with van der Waals surface area (Å²) in [6, 6.07) is 12.7. The van der Waals surface area contributed by atoms with Gasteiger partial charge in [-0.15, -0.1) is 11.3 Å². The summed E-state index contributed by atoms with van der Waals surface area (Å²) in [6.07, 6.45) is 1.36. The van der Waals surface area contributed by atoms with E-state index in [1.165, 1.54) is 41.8 Å². The molecular formula is C20H19N3O5S2. The molecule has 2 aromatic carbocycles. The van der Waals surface area contributed by atoms with E-state index in [2.05, 4.69) is 15.0 Å². The van der Waals surface area contributed by atoms with Crippen molar-refractivity contribution in [2.75, 3.05) is 10.0 Å². The Labute approximate surface area is 178 Å². The fourth-order valence-electron chi connectivity index (χ4n) is 2.39. The molecule has 1 aromatic heterocycles. The fraction of sp³-hybridized carbons (Fsp3) is 0.150. The molecule has 0 saturated carbocycles. The van der Waals surface area contributed by atoms with Crippen LogP contribution >= 0.6 is 11.3 Å². The van der Waals surface area contributed by atoms with Crippen LogP contribution in [0.25, 0.3) is 0 Å². The van der Waals surface area contributed by atoms with Gasteiger partial charge in [0.2, 0.25) is 5.91 Å². The van der Waals surface area contributed by atoms with E-state index in [1.807, 2.05) is 19.1 Å². The molecule has 0 unspecified atom stereocenters. The molecule has 8 nitrogen and oxygen atoms in total. The molecule has 1 amide bonds. The zero-order valence-corrected chi connectivity index (χ0v) is 17.6. The first-order valence-corrected chi connectivity index (χ1v) is 11.3. The lowest BCUT2D eigenvalue weighted by atomic mass is 10.2. The predicted molar refractivity (Wildman–Crippen MR) is 114 cm³/mol. The molecule has 30 heavy (non-hydrogen) atoms. The Balaban J connectivity index is 1.49. The van der Waals surface area contributed by atoms with Crippen molar-refractivity contribution >= 4 is 44.1 Å². The number of anilines is 2. The lowest BCUT2D eigenvalue weighted by Crippen LogP contribution is -2.16. The normalized spacial score (nSPS) is 11.0. The highest BCUT2D eigenvalue weighted by Gasteiger charge is 2.16. The molecular weight excluding hydrogens is 426 g/mol. The molecule has 1 heterocycles. The highest BCUT2D eigenvalue weighted by Crippen LogP contribution is 2.20. The van der Waals surface area contributed by atoms with Gasteiger partial charge in [-0.3, -0.25) is 14.3 Å². The largest absolute Gasteiger partial charge is 0.427 e. The number of benzene rings is 2. The number of hydrogen-bond acceptors (Lipinski definition) is 7. The van der Waals surface area contributed by atoms with Gasteiger partial charge in [-0.25, -0.2) is 13.4 Å². The van der Waals surface area contributed by atoms with E-state index in [4.69, 9.17) is 4.74 Å². The van der Waals surface area contributed by atoms with Gasteiger partial charge in [-0.05, 0) is 43.3 Å². The number of hydrogen-bond donors (Lipinski definition) is 2. The lowest BCUT2D eigenvalue weighted by molar-refractivity contribution is -0.135. The molecule has 156 valence electrons. The van der Waals surface area contributed by atoms with Gasteiger partial charge in [0, 0.05) is 23.7 Å². The molecule has 0 saturated heterocycles. The average molecular weight is 446 g/mol. The number of sulfonamides is 1. The zero-order valence-electron chi connectivity index (χ0n) is 16.0. The number of carbonyl (C=O) groups is 2. The quantitative estimate of drug-likeness (QED) is 0.405. The van der Waals surface area contributed by atoms with Gasteiger partial charge in [0.05, 0.1) is 11.3 Å². The van der Waals surface area contributed by atoms with Gasteiger partial charge < -0.3 is 10.1 Å². The number of thiazole rings is 1. The van der Waals surface area contributed by atoms with Crippen LogP contribution in [0.2, 0.25) is 0 Å². The second-order valence-corrected chi connectivity index (χ2v) is 8.88. The smallest absolute Gasteiger partial charge is 0.311 e. The highest BCUT2D eigenvalue weighted by molar-refractivity contribution is 7.93. The SMILES string of the molecule is Cc1ccc(OC(=O)CCC(=O)Nc2ccc(S(=O)(=O)Nc3nccs3)cc2)cc1. The number of aromatic nitrogens is 1. The van der Waals surface area contributed by atoms with E-state index in [1.54, 1.807) is 17.5 Å². The molecule has 0 fully saturated rings. The summed E-state index contributed by atoms with van der Waals surface area (Å²) in [5, 5.41) is 4.55. The van der Waals surface area contributed by atoms with Crippen LogP contribution in [0.4, 0.5) is 10.8 Å². The number of aryl methyl sites for hydroxylation is 1. The number of ether oxygens (including phenoxy) is 1. The second kappa shape index (κ2) is 9.51. The second-order valence-electron chi connectivity index (χ2n) is 6.30. The third-order valence-corrected chi connectivity index (χ3v) is 6.08. The minimum atomic E-state index is -3.76. The average Bonchev–Trinajstić information content (AvgIpc) is 3.21. The Bertz CT molecular complexity index is 1110. The number of carbonyl (C=O) groups excluding carboxylic acids is 2. The maximum atomic E-state index is 12.3. The summed E-state index contributed by atoms with van der Waals surface area (Å²) >= 11 is 1.17. The summed E-state index contributed by atoms with van der Waals surface area (Å²) in [5.41, 5.74) is 1.46. The van der Waals surface area contributed by atoms with E-state index in [0.717, 1.165) is 5.56 Å². The fourth-order valence-corrected chi connectivity index (χ4v) is 4.18. The van der Waals surface area contributed by atoms with E-state index in [-0.39, 0.29) is 28.8 Å². The van der Waals surface area contributed by atoms with Crippen molar-refractivity contribution in [1.29, 1.82) is 0 Å². The van der Waals surface area contributed by atoms with Gasteiger partial charge >= 0.3 is 5.97 Å². The van der Waals surface area contributed by atoms with Gasteiger partial charge in [-0.2, -0.15) is 0 Å². The maximum absolute atomic E-state index is 12.3. The summed E-state index contributed by atoms with van der Waals surface area (Å²) < 4.78 is 32.1. The number of nitrogens with zero attached hydrogens (tertiary/aromatic N) is 1. The Morgan fingerprint density at radius 3 is 2.37 bits per heavy atom. The molecule has 0 spiro atoms. The van der Waals surface area contributed by atoms with Crippen LogP contribution in [0.5, 0.6) is 5.75 Å². The first kappa shape index (κ1) is 21.5. The number of nitrogens with one attached hydrogen (secondary N) is 2. The minimum absolute atomic E-state index is 0.0392. The van der Waals surface area contributed by atoms with E-state index in [9.17, 15) is 18.0 Å². The van der Waals surface area contributed by atoms with Crippen molar-refractivity contribution in [3.63, 3.8) is 0 Å². The topological polar surface area (TPSA) is 114 Å². The van der Waals surface area contributed by atoms with Crippen molar-refractivity contribution in [2.24, 2.45) is 0 Å². The number of rotatable bonds is 8. The molecule has 0 aliphatic rings. The Kier molecular flexibility index (Phi) is 6.80. The highest BCUT2D eigenvalue weighted by atomic mass is 32.2. The molecule has 10 heteroatoms. The summed E-state index contributed by atoms with van der Waals surface area (Å²) in [6.45, 7) is 1.93. The molecule has 0 aliphatic heterocycles. The van der Waals surface area contributed by atoms with Crippen molar-refractivity contribution < 1.29 is 22.7 Å². The molecule has 0 atom stereocenters. The van der Waals surface area contributed by atoms with Crippen LogP contribution in [0.1, 0.15) is 18.4 Å². The van der Waals surface area contributed by atoms with Crippen LogP contribution in [0.3, 0.4) is 0 Å².